The average Bonchev–Trinajstić information content (AvgIpc) is 3.06. The molecule has 0 saturated carbocycles. The van der Waals surface area contributed by atoms with E-state index >= 15 is 0 Å². The predicted octanol–water partition coefficient (Wildman–Crippen LogP) is 1.21. The average molecular weight is 348 g/mol. The van der Waals surface area contributed by atoms with Crippen LogP contribution in [0.4, 0.5) is 0 Å². The smallest absolute Gasteiger partial charge is 0.290 e. The lowest BCUT2D eigenvalue weighted by molar-refractivity contribution is -0.0122. The van der Waals surface area contributed by atoms with Gasteiger partial charge in [0.2, 0.25) is 0 Å². The van der Waals surface area contributed by atoms with Gasteiger partial charge in [0.15, 0.2) is 17.1 Å². The van der Waals surface area contributed by atoms with Gasteiger partial charge in [0.05, 0.1) is 33.0 Å². The molecule has 1 aromatic heterocycles. The SMILES string of the molecule is COc1cccc2cc(C(=O)N3CCOCC3CN(C)CCO)oc12. The number of nitrogens with zero attached hydrogens (tertiary/aromatic N) is 2. The van der Waals surface area contributed by atoms with Crippen molar-refractivity contribution in [3.63, 3.8) is 0 Å². The fraction of sp³-hybridized carbons (Fsp3) is 0.500. The lowest BCUT2D eigenvalue weighted by Gasteiger charge is -2.37. The number of aliphatic hydroxyl groups excluding tert-OH is 1. The second-order valence-electron chi connectivity index (χ2n) is 6.20. The predicted molar refractivity (Wildman–Crippen MR) is 93.0 cm³/mol. The first-order chi connectivity index (χ1) is 12.1. The van der Waals surface area contributed by atoms with Gasteiger partial charge in [-0.2, -0.15) is 0 Å². The van der Waals surface area contributed by atoms with E-state index in [4.69, 9.17) is 19.0 Å². The van der Waals surface area contributed by atoms with E-state index in [1.54, 1.807) is 18.1 Å². The van der Waals surface area contributed by atoms with E-state index < -0.39 is 0 Å². The highest BCUT2D eigenvalue weighted by molar-refractivity contribution is 5.97. The maximum absolute atomic E-state index is 13.0. The maximum atomic E-state index is 13.0. The third-order valence-electron chi connectivity index (χ3n) is 4.43. The van der Waals surface area contributed by atoms with E-state index in [1.807, 2.05) is 30.1 Å². The van der Waals surface area contributed by atoms with Crippen molar-refractivity contribution in [3.8, 4) is 5.75 Å². The fourth-order valence-electron chi connectivity index (χ4n) is 3.14. The second kappa shape index (κ2) is 7.86. The van der Waals surface area contributed by atoms with Crippen molar-refractivity contribution in [2.24, 2.45) is 0 Å². The van der Waals surface area contributed by atoms with Gasteiger partial charge in [-0.25, -0.2) is 0 Å². The molecule has 1 aliphatic heterocycles. The van der Waals surface area contributed by atoms with Gasteiger partial charge < -0.3 is 28.8 Å². The number of furan rings is 1. The molecule has 1 amide bonds. The van der Waals surface area contributed by atoms with Crippen molar-refractivity contribution >= 4 is 16.9 Å². The molecule has 25 heavy (non-hydrogen) atoms. The number of carbonyl (C=O) groups excluding carboxylic acids is 1. The number of ether oxygens (including phenoxy) is 2. The number of para-hydroxylation sites is 1. The quantitative estimate of drug-likeness (QED) is 0.846. The fourth-order valence-corrected chi connectivity index (χ4v) is 3.14. The molecule has 0 spiro atoms. The molecule has 1 atom stereocenters. The first kappa shape index (κ1) is 17.7. The Morgan fingerprint density at radius 1 is 1.48 bits per heavy atom. The molecule has 0 radical (unpaired) electrons. The van der Waals surface area contributed by atoms with Crippen LogP contribution in [0, 0.1) is 0 Å². The molecule has 0 bridgehead atoms. The Kier molecular flexibility index (Phi) is 5.57. The van der Waals surface area contributed by atoms with Crippen molar-refractivity contribution in [2.45, 2.75) is 6.04 Å². The molecule has 1 aromatic carbocycles. The lowest BCUT2D eigenvalue weighted by atomic mass is 10.2. The maximum Gasteiger partial charge on any atom is 0.290 e. The summed E-state index contributed by atoms with van der Waals surface area (Å²) in [5, 5.41) is 9.91. The molecule has 7 heteroatoms. The molecule has 3 rings (SSSR count). The van der Waals surface area contributed by atoms with Crippen LogP contribution in [0.25, 0.3) is 11.0 Å². The number of aliphatic hydroxyl groups is 1. The molecule has 1 fully saturated rings. The van der Waals surface area contributed by atoms with Crippen LogP contribution in [-0.4, -0.2) is 80.5 Å². The number of fused-ring (bicyclic) bond motifs is 1. The van der Waals surface area contributed by atoms with Crippen LogP contribution >= 0.6 is 0 Å². The van der Waals surface area contributed by atoms with Gasteiger partial charge in [0.1, 0.15) is 0 Å². The molecular formula is C18H24N2O5. The molecule has 1 N–H and O–H groups in total. The minimum absolute atomic E-state index is 0.0760. The number of morpholine rings is 1. The Balaban J connectivity index is 1.82. The van der Waals surface area contributed by atoms with Crippen LogP contribution in [0.2, 0.25) is 0 Å². The van der Waals surface area contributed by atoms with Crippen molar-refractivity contribution in [1.82, 2.24) is 9.80 Å². The normalized spacial score (nSPS) is 18.1. The number of methoxy groups -OCH3 is 1. The second-order valence-corrected chi connectivity index (χ2v) is 6.20. The number of rotatable bonds is 6. The molecule has 2 aromatic rings. The molecule has 1 unspecified atom stereocenters. The van der Waals surface area contributed by atoms with Gasteiger partial charge in [-0.05, 0) is 19.2 Å². The minimum atomic E-state index is -0.149. The zero-order valence-corrected chi connectivity index (χ0v) is 14.6. The zero-order chi connectivity index (χ0) is 17.8. The molecule has 0 aliphatic carbocycles. The van der Waals surface area contributed by atoms with Crippen LogP contribution in [0.3, 0.4) is 0 Å². The summed E-state index contributed by atoms with van der Waals surface area (Å²) in [5.41, 5.74) is 0.579. The highest BCUT2D eigenvalue weighted by Crippen LogP contribution is 2.29. The number of hydrogen-bond donors (Lipinski definition) is 1. The van der Waals surface area contributed by atoms with Crippen molar-refractivity contribution in [2.75, 3.05) is 53.6 Å². The Morgan fingerprint density at radius 3 is 3.08 bits per heavy atom. The summed E-state index contributed by atoms with van der Waals surface area (Å²) < 4.78 is 16.6. The van der Waals surface area contributed by atoms with Gasteiger partial charge in [0.25, 0.3) is 5.91 Å². The summed E-state index contributed by atoms with van der Waals surface area (Å²) >= 11 is 0. The lowest BCUT2D eigenvalue weighted by Crippen LogP contribution is -2.53. The third kappa shape index (κ3) is 3.78. The van der Waals surface area contributed by atoms with Crippen LogP contribution in [0.1, 0.15) is 10.6 Å². The number of amides is 1. The highest BCUT2D eigenvalue weighted by Gasteiger charge is 2.31. The van der Waals surface area contributed by atoms with Crippen LogP contribution < -0.4 is 4.74 Å². The highest BCUT2D eigenvalue weighted by atomic mass is 16.5. The van der Waals surface area contributed by atoms with Crippen molar-refractivity contribution < 1.29 is 23.8 Å². The molecule has 2 heterocycles. The van der Waals surface area contributed by atoms with Crippen molar-refractivity contribution in [3.05, 3.63) is 30.0 Å². The first-order valence-corrected chi connectivity index (χ1v) is 8.38. The van der Waals surface area contributed by atoms with Gasteiger partial charge in [-0.3, -0.25) is 4.79 Å². The van der Waals surface area contributed by atoms with Crippen molar-refractivity contribution in [1.29, 1.82) is 0 Å². The van der Waals surface area contributed by atoms with Crippen LogP contribution in [0.5, 0.6) is 5.75 Å². The summed E-state index contributed by atoms with van der Waals surface area (Å²) in [5.74, 6) is 0.762. The van der Waals surface area contributed by atoms with E-state index in [0.717, 1.165) is 5.39 Å². The third-order valence-corrected chi connectivity index (χ3v) is 4.43. The van der Waals surface area contributed by atoms with E-state index in [2.05, 4.69) is 0 Å². The molecule has 136 valence electrons. The van der Waals surface area contributed by atoms with E-state index in [9.17, 15) is 4.79 Å². The summed E-state index contributed by atoms with van der Waals surface area (Å²) in [6.07, 6.45) is 0. The Bertz CT molecular complexity index is 729. The monoisotopic (exact) mass is 348 g/mol. The van der Waals surface area contributed by atoms with Crippen LogP contribution in [0.15, 0.2) is 28.7 Å². The number of hydrogen-bond acceptors (Lipinski definition) is 6. The molecule has 1 saturated heterocycles. The van der Waals surface area contributed by atoms with Gasteiger partial charge in [-0.15, -0.1) is 0 Å². The Hall–Kier alpha value is -2.09. The zero-order valence-electron chi connectivity index (χ0n) is 14.6. The molecule has 1 aliphatic rings. The van der Waals surface area contributed by atoms with Gasteiger partial charge >= 0.3 is 0 Å². The number of likely N-dealkylation sites (N-methyl/N-ethyl adjacent to an activating group) is 1. The van der Waals surface area contributed by atoms with Crippen LogP contribution in [-0.2, 0) is 4.74 Å². The summed E-state index contributed by atoms with van der Waals surface area (Å²) in [7, 11) is 3.49. The largest absolute Gasteiger partial charge is 0.493 e. The van der Waals surface area contributed by atoms with E-state index in [1.165, 1.54) is 0 Å². The summed E-state index contributed by atoms with van der Waals surface area (Å²) in [6.45, 7) is 2.78. The number of benzene rings is 1. The van der Waals surface area contributed by atoms with E-state index in [-0.39, 0.29) is 18.6 Å². The number of carbonyl (C=O) groups is 1. The minimum Gasteiger partial charge on any atom is -0.493 e. The molecular weight excluding hydrogens is 324 g/mol. The Labute approximate surface area is 146 Å². The van der Waals surface area contributed by atoms with Gasteiger partial charge in [0, 0.05) is 25.0 Å². The topological polar surface area (TPSA) is 75.4 Å². The Morgan fingerprint density at radius 2 is 2.32 bits per heavy atom. The summed E-state index contributed by atoms with van der Waals surface area (Å²) in [4.78, 5) is 16.8. The van der Waals surface area contributed by atoms with Gasteiger partial charge in [-0.1, -0.05) is 12.1 Å². The standard InChI is InChI=1S/C18H24N2O5/c1-19(6-8-21)11-14-12-24-9-7-20(14)18(22)16-10-13-4-3-5-15(23-2)17(13)25-16/h3-5,10,14,21H,6-9,11-12H2,1-2H3. The molecule has 7 nitrogen and oxygen atoms in total. The van der Waals surface area contributed by atoms with E-state index in [0.29, 0.717) is 49.9 Å². The summed E-state index contributed by atoms with van der Waals surface area (Å²) in [6, 6.07) is 7.25. The first-order valence-electron chi connectivity index (χ1n) is 8.38.